The Morgan fingerprint density at radius 2 is 1.83 bits per heavy atom. The van der Waals surface area contributed by atoms with Crippen molar-refractivity contribution in [3.63, 3.8) is 0 Å². The smallest absolute Gasteiger partial charge is 0.178 e. The number of aromatic nitrogens is 2. The third-order valence-electron chi connectivity index (χ3n) is 2.26. The average Bonchev–Trinajstić information content (AvgIpc) is 2.64. The van der Waals surface area contributed by atoms with Crippen molar-refractivity contribution in [3.05, 3.63) is 34.6 Å². The second-order valence-corrected chi connectivity index (χ2v) is 6.56. The molecular formula is C10H9Cl2N3O2S. The first-order valence-electron chi connectivity index (χ1n) is 4.78. The van der Waals surface area contributed by atoms with Crippen LogP contribution in [-0.4, -0.2) is 24.5 Å². The number of nitrogens with zero attached hydrogens (tertiary/aromatic N) is 2. The molecule has 0 unspecified atom stereocenters. The van der Waals surface area contributed by atoms with Gasteiger partial charge in [-0.1, -0.05) is 23.2 Å². The van der Waals surface area contributed by atoms with Gasteiger partial charge in [-0.15, -0.1) is 0 Å². The Labute approximate surface area is 114 Å². The van der Waals surface area contributed by atoms with E-state index in [4.69, 9.17) is 28.9 Å². The Kier molecular flexibility index (Phi) is 3.27. The number of hydrogen-bond acceptors (Lipinski definition) is 4. The van der Waals surface area contributed by atoms with Crippen molar-refractivity contribution >= 4 is 38.7 Å². The molecule has 1 heterocycles. The molecule has 0 saturated carbocycles. The van der Waals surface area contributed by atoms with Crippen molar-refractivity contribution in [1.29, 1.82) is 0 Å². The Morgan fingerprint density at radius 3 is 2.28 bits per heavy atom. The Hall–Kier alpha value is -1.24. The summed E-state index contributed by atoms with van der Waals surface area (Å²) in [6, 6.07) is 3.04. The average molecular weight is 306 g/mol. The zero-order chi connectivity index (χ0) is 13.5. The van der Waals surface area contributed by atoms with Gasteiger partial charge in [-0.2, -0.15) is 5.10 Å². The van der Waals surface area contributed by atoms with E-state index in [1.54, 1.807) is 0 Å². The molecule has 1 aromatic heterocycles. The van der Waals surface area contributed by atoms with Gasteiger partial charge in [-0.05, 0) is 12.1 Å². The standard InChI is InChI=1S/C10H9Cl2N3O2S/c1-18(16,17)7-4-14-15(5-7)10-8(11)2-6(13)3-9(10)12/h2-5H,13H2,1H3. The highest BCUT2D eigenvalue weighted by molar-refractivity contribution is 7.90. The van der Waals surface area contributed by atoms with E-state index in [1.807, 2.05) is 0 Å². The zero-order valence-electron chi connectivity index (χ0n) is 9.26. The number of anilines is 1. The van der Waals surface area contributed by atoms with Gasteiger partial charge in [0.1, 0.15) is 10.6 Å². The van der Waals surface area contributed by atoms with Crippen LogP contribution in [0.3, 0.4) is 0 Å². The van der Waals surface area contributed by atoms with E-state index in [0.717, 1.165) is 6.26 Å². The van der Waals surface area contributed by atoms with E-state index < -0.39 is 9.84 Å². The van der Waals surface area contributed by atoms with Crippen LogP contribution in [0, 0.1) is 0 Å². The van der Waals surface area contributed by atoms with E-state index in [-0.39, 0.29) is 4.90 Å². The molecule has 0 aliphatic carbocycles. The molecule has 2 N–H and O–H groups in total. The lowest BCUT2D eigenvalue weighted by atomic mass is 10.3. The van der Waals surface area contributed by atoms with Gasteiger partial charge in [0.25, 0.3) is 0 Å². The lowest BCUT2D eigenvalue weighted by molar-refractivity contribution is 0.602. The highest BCUT2D eigenvalue weighted by atomic mass is 35.5. The predicted molar refractivity (Wildman–Crippen MR) is 71.1 cm³/mol. The van der Waals surface area contributed by atoms with Gasteiger partial charge in [0.05, 0.1) is 16.2 Å². The number of hydrogen-bond donors (Lipinski definition) is 1. The molecule has 0 radical (unpaired) electrons. The minimum atomic E-state index is -3.32. The molecule has 0 saturated heterocycles. The summed E-state index contributed by atoms with van der Waals surface area (Å²) in [7, 11) is -3.32. The number of nitrogen functional groups attached to an aromatic ring is 1. The highest BCUT2D eigenvalue weighted by Crippen LogP contribution is 2.31. The van der Waals surface area contributed by atoms with Gasteiger partial charge in [0.15, 0.2) is 9.84 Å². The summed E-state index contributed by atoms with van der Waals surface area (Å²) in [4.78, 5) is 0.0893. The molecule has 0 fully saturated rings. The molecule has 0 aliphatic heterocycles. The van der Waals surface area contributed by atoms with Crippen LogP contribution in [0.5, 0.6) is 0 Å². The predicted octanol–water partition coefficient (Wildman–Crippen LogP) is 2.16. The second kappa shape index (κ2) is 4.46. The van der Waals surface area contributed by atoms with Crippen molar-refractivity contribution in [2.45, 2.75) is 4.90 Å². The topological polar surface area (TPSA) is 78.0 Å². The van der Waals surface area contributed by atoms with Gasteiger partial charge in [0, 0.05) is 18.1 Å². The molecule has 0 amide bonds. The normalized spacial score (nSPS) is 11.7. The van der Waals surface area contributed by atoms with E-state index in [2.05, 4.69) is 5.10 Å². The van der Waals surface area contributed by atoms with Gasteiger partial charge < -0.3 is 5.73 Å². The van der Waals surface area contributed by atoms with Gasteiger partial charge in [-0.25, -0.2) is 13.1 Å². The van der Waals surface area contributed by atoms with Crippen LogP contribution in [0.25, 0.3) is 5.69 Å². The molecule has 18 heavy (non-hydrogen) atoms. The fourth-order valence-electron chi connectivity index (χ4n) is 1.42. The number of halogens is 2. The molecule has 0 bridgehead atoms. The molecular weight excluding hydrogens is 297 g/mol. The van der Waals surface area contributed by atoms with Crippen molar-refractivity contribution in [1.82, 2.24) is 9.78 Å². The van der Waals surface area contributed by atoms with Crippen molar-refractivity contribution < 1.29 is 8.42 Å². The maximum atomic E-state index is 11.4. The van der Waals surface area contributed by atoms with Crippen LogP contribution in [-0.2, 0) is 9.84 Å². The minimum absolute atomic E-state index is 0.0893. The molecule has 5 nitrogen and oxygen atoms in total. The number of benzene rings is 1. The summed E-state index contributed by atoms with van der Waals surface area (Å²) in [6.07, 6.45) is 3.68. The summed E-state index contributed by atoms with van der Waals surface area (Å²) in [6.45, 7) is 0. The second-order valence-electron chi connectivity index (χ2n) is 3.73. The lowest BCUT2D eigenvalue weighted by Gasteiger charge is -2.07. The molecule has 0 atom stereocenters. The quantitative estimate of drug-likeness (QED) is 0.863. The van der Waals surface area contributed by atoms with Crippen LogP contribution in [0.1, 0.15) is 0 Å². The van der Waals surface area contributed by atoms with E-state index >= 15 is 0 Å². The molecule has 0 spiro atoms. The molecule has 2 aromatic rings. The molecule has 0 aliphatic rings. The Morgan fingerprint density at radius 1 is 1.28 bits per heavy atom. The van der Waals surface area contributed by atoms with Gasteiger partial charge in [0.2, 0.25) is 0 Å². The Bertz CT molecular complexity index is 687. The van der Waals surface area contributed by atoms with E-state index in [9.17, 15) is 8.42 Å². The SMILES string of the molecule is CS(=O)(=O)c1cnn(-c2c(Cl)cc(N)cc2Cl)c1. The van der Waals surface area contributed by atoms with Crippen molar-refractivity contribution in [2.75, 3.05) is 12.0 Å². The van der Waals surface area contributed by atoms with Crippen LogP contribution in [0.15, 0.2) is 29.4 Å². The fourth-order valence-corrected chi connectivity index (χ4v) is 2.63. The van der Waals surface area contributed by atoms with Crippen molar-refractivity contribution in [3.8, 4) is 5.69 Å². The number of rotatable bonds is 2. The van der Waals surface area contributed by atoms with Crippen LogP contribution in [0.4, 0.5) is 5.69 Å². The largest absolute Gasteiger partial charge is 0.399 e. The first kappa shape index (κ1) is 13.2. The molecule has 1 aromatic carbocycles. The molecule has 8 heteroatoms. The summed E-state index contributed by atoms with van der Waals surface area (Å²) >= 11 is 12.0. The fraction of sp³-hybridized carbons (Fsp3) is 0.100. The maximum Gasteiger partial charge on any atom is 0.178 e. The summed E-state index contributed by atoms with van der Waals surface area (Å²) in [5, 5.41) is 4.52. The van der Waals surface area contributed by atoms with Gasteiger partial charge >= 0.3 is 0 Å². The number of nitrogens with two attached hydrogens (primary N) is 1. The molecule has 96 valence electrons. The van der Waals surface area contributed by atoms with Crippen LogP contribution >= 0.6 is 23.2 Å². The maximum absolute atomic E-state index is 11.4. The van der Waals surface area contributed by atoms with E-state index in [1.165, 1.54) is 29.2 Å². The first-order chi connectivity index (χ1) is 8.29. The number of sulfone groups is 1. The third-order valence-corrected chi connectivity index (χ3v) is 3.90. The Balaban J connectivity index is 2.60. The van der Waals surface area contributed by atoms with Gasteiger partial charge in [-0.3, -0.25) is 0 Å². The lowest BCUT2D eigenvalue weighted by Crippen LogP contribution is -1.99. The monoisotopic (exact) mass is 305 g/mol. The van der Waals surface area contributed by atoms with Crippen LogP contribution < -0.4 is 5.73 Å². The minimum Gasteiger partial charge on any atom is -0.399 e. The summed E-state index contributed by atoms with van der Waals surface area (Å²) < 4.78 is 24.0. The van der Waals surface area contributed by atoms with Crippen LogP contribution in [0.2, 0.25) is 10.0 Å². The molecule has 2 rings (SSSR count). The summed E-state index contributed by atoms with van der Waals surface area (Å²) in [5.74, 6) is 0. The zero-order valence-corrected chi connectivity index (χ0v) is 11.6. The first-order valence-corrected chi connectivity index (χ1v) is 7.43. The third kappa shape index (κ3) is 2.45. The van der Waals surface area contributed by atoms with E-state index in [0.29, 0.717) is 21.4 Å². The highest BCUT2D eigenvalue weighted by Gasteiger charge is 2.15. The summed E-state index contributed by atoms with van der Waals surface area (Å²) in [5.41, 5.74) is 6.40. The van der Waals surface area contributed by atoms with Crippen molar-refractivity contribution in [2.24, 2.45) is 0 Å².